The lowest BCUT2D eigenvalue weighted by molar-refractivity contribution is 0.899. The molecule has 1 heterocycles. The maximum Gasteiger partial charge on any atom is 0.188 e. The second-order valence-corrected chi connectivity index (χ2v) is 5.37. The van der Waals surface area contributed by atoms with Gasteiger partial charge in [-0.2, -0.15) is 0 Å². The second kappa shape index (κ2) is 5.91. The Hall–Kier alpha value is -0.770. The van der Waals surface area contributed by atoms with E-state index in [1.54, 1.807) is 0 Å². The number of halogens is 2. The maximum atomic E-state index is 6.21. The van der Waals surface area contributed by atoms with Crippen LogP contribution in [0.4, 0.5) is 0 Å². The first-order chi connectivity index (χ1) is 8.61. The molecule has 0 saturated heterocycles. The van der Waals surface area contributed by atoms with Crippen LogP contribution < -0.4 is 0 Å². The normalized spacial score (nSPS) is 10.7. The van der Waals surface area contributed by atoms with Gasteiger partial charge in [-0.25, -0.2) is 9.97 Å². The van der Waals surface area contributed by atoms with Crippen LogP contribution in [0.1, 0.15) is 16.8 Å². The van der Waals surface area contributed by atoms with Crippen molar-refractivity contribution in [3.05, 3.63) is 51.3 Å². The van der Waals surface area contributed by atoms with E-state index in [2.05, 4.69) is 9.97 Å². The minimum atomic E-state index is 0.506. The monoisotopic (exact) mass is 298 g/mol. The van der Waals surface area contributed by atoms with E-state index in [0.717, 1.165) is 21.8 Å². The fourth-order valence-corrected chi connectivity index (χ4v) is 2.61. The van der Waals surface area contributed by atoms with Crippen LogP contribution in [0.2, 0.25) is 10.2 Å². The third-order valence-corrected chi connectivity index (χ3v) is 3.88. The summed E-state index contributed by atoms with van der Waals surface area (Å²) in [5.41, 5.74) is 2.87. The number of aryl methyl sites for hydroxylation is 1. The summed E-state index contributed by atoms with van der Waals surface area (Å²) in [5, 5.41) is 1.94. The lowest BCUT2D eigenvalue weighted by Crippen LogP contribution is -2.00. The molecule has 1 aromatic heterocycles. The van der Waals surface area contributed by atoms with Gasteiger partial charge >= 0.3 is 0 Å². The highest BCUT2D eigenvalue weighted by Gasteiger charge is 2.11. The van der Waals surface area contributed by atoms with E-state index >= 15 is 0 Å². The molecule has 0 spiro atoms. The van der Waals surface area contributed by atoms with Crippen molar-refractivity contribution in [1.82, 2.24) is 9.97 Å². The quantitative estimate of drug-likeness (QED) is 0.477. The molecule has 0 N–H and O–H groups in total. The molecule has 2 aromatic rings. The van der Waals surface area contributed by atoms with Crippen molar-refractivity contribution in [3.63, 3.8) is 0 Å². The summed E-state index contributed by atoms with van der Waals surface area (Å²) in [6, 6.07) is 7.73. The number of aromatic nitrogens is 2. The maximum absolute atomic E-state index is 6.21. The highest BCUT2D eigenvalue weighted by molar-refractivity contribution is 7.98. The van der Waals surface area contributed by atoms with Crippen LogP contribution in [0, 0.1) is 6.92 Å². The van der Waals surface area contributed by atoms with E-state index in [0.29, 0.717) is 16.7 Å². The number of rotatable bonds is 3. The molecule has 0 aliphatic heterocycles. The molecule has 0 aliphatic rings. The zero-order valence-corrected chi connectivity index (χ0v) is 12.4. The van der Waals surface area contributed by atoms with Crippen molar-refractivity contribution in [1.29, 1.82) is 0 Å². The third kappa shape index (κ3) is 2.97. The molecule has 0 bridgehead atoms. The largest absolute Gasteiger partial charge is 0.228 e. The Morgan fingerprint density at radius 1 is 1.17 bits per heavy atom. The molecule has 18 heavy (non-hydrogen) atoms. The SMILES string of the molecule is CSc1nc(C)c(Cc2ccccc2Cl)c(Cl)n1. The van der Waals surface area contributed by atoms with Crippen LogP contribution in [-0.4, -0.2) is 16.2 Å². The Morgan fingerprint density at radius 2 is 1.89 bits per heavy atom. The zero-order valence-electron chi connectivity index (χ0n) is 10.1. The van der Waals surface area contributed by atoms with Crippen LogP contribution in [0.25, 0.3) is 0 Å². The smallest absolute Gasteiger partial charge is 0.188 e. The lowest BCUT2D eigenvalue weighted by Gasteiger charge is -2.09. The first-order valence-corrected chi connectivity index (χ1v) is 7.40. The minimum Gasteiger partial charge on any atom is -0.228 e. The number of hydrogen-bond acceptors (Lipinski definition) is 3. The Labute approximate surface area is 121 Å². The average molecular weight is 299 g/mol. The molecule has 0 unspecified atom stereocenters. The minimum absolute atomic E-state index is 0.506. The van der Waals surface area contributed by atoms with Crippen LogP contribution in [0.3, 0.4) is 0 Å². The van der Waals surface area contributed by atoms with Crippen LogP contribution in [0.15, 0.2) is 29.4 Å². The van der Waals surface area contributed by atoms with Gasteiger partial charge in [-0.1, -0.05) is 53.2 Å². The molecule has 1 aromatic carbocycles. The summed E-state index contributed by atoms with van der Waals surface area (Å²) in [7, 11) is 0. The summed E-state index contributed by atoms with van der Waals surface area (Å²) < 4.78 is 0. The van der Waals surface area contributed by atoms with Gasteiger partial charge in [0.05, 0.1) is 0 Å². The van der Waals surface area contributed by atoms with E-state index in [1.165, 1.54) is 11.8 Å². The molecular weight excluding hydrogens is 287 g/mol. The van der Waals surface area contributed by atoms with Gasteiger partial charge in [-0.15, -0.1) is 0 Å². The van der Waals surface area contributed by atoms with Crippen molar-refractivity contribution in [2.24, 2.45) is 0 Å². The van der Waals surface area contributed by atoms with Crippen molar-refractivity contribution >= 4 is 35.0 Å². The molecule has 0 aliphatic carbocycles. The highest BCUT2D eigenvalue weighted by atomic mass is 35.5. The van der Waals surface area contributed by atoms with Gasteiger partial charge in [-0.05, 0) is 24.8 Å². The molecule has 0 amide bonds. The fraction of sp³-hybridized carbons (Fsp3) is 0.231. The molecule has 0 radical (unpaired) electrons. The van der Waals surface area contributed by atoms with E-state index in [1.807, 2.05) is 37.4 Å². The van der Waals surface area contributed by atoms with Gasteiger partial charge in [0.25, 0.3) is 0 Å². The summed E-state index contributed by atoms with van der Waals surface area (Å²) >= 11 is 13.8. The van der Waals surface area contributed by atoms with Crippen LogP contribution >= 0.6 is 35.0 Å². The van der Waals surface area contributed by atoms with Gasteiger partial charge in [0, 0.05) is 22.7 Å². The highest BCUT2D eigenvalue weighted by Crippen LogP contribution is 2.25. The lowest BCUT2D eigenvalue weighted by atomic mass is 10.1. The van der Waals surface area contributed by atoms with Crippen molar-refractivity contribution in [2.45, 2.75) is 18.5 Å². The molecule has 0 fully saturated rings. The first kappa shape index (κ1) is 13.7. The number of hydrogen-bond donors (Lipinski definition) is 0. The Balaban J connectivity index is 2.38. The number of benzene rings is 1. The summed E-state index contributed by atoms with van der Waals surface area (Å²) in [5.74, 6) is 0. The molecule has 0 saturated carbocycles. The number of nitrogens with zero attached hydrogens (tertiary/aromatic N) is 2. The predicted octanol–water partition coefficient (Wildman–Crippen LogP) is 4.40. The van der Waals surface area contributed by atoms with Crippen LogP contribution in [-0.2, 0) is 6.42 Å². The molecule has 94 valence electrons. The van der Waals surface area contributed by atoms with Gasteiger partial charge in [0.15, 0.2) is 5.16 Å². The van der Waals surface area contributed by atoms with Gasteiger partial charge in [-0.3, -0.25) is 0 Å². The fourth-order valence-electron chi connectivity index (χ4n) is 1.66. The topological polar surface area (TPSA) is 25.8 Å². The van der Waals surface area contributed by atoms with Gasteiger partial charge in [0.1, 0.15) is 5.15 Å². The van der Waals surface area contributed by atoms with Crippen molar-refractivity contribution < 1.29 is 0 Å². The third-order valence-electron chi connectivity index (χ3n) is 2.65. The van der Waals surface area contributed by atoms with E-state index in [-0.39, 0.29) is 0 Å². The van der Waals surface area contributed by atoms with Gasteiger partial charge in [0.2, 0.25) is 0 Å². The van der Waals surface area contributed by atoms with Crippen molar-refractivity contribution in [3.8, 4) is 0 Å². The molecule has 5 heteroatoms. The molecular formula is C13H12Cl2N2S. The number of thioether (sulfide) groups is 1. The second-order valence-electron chi connectivity index (χ2n) is 3.83. The van der Waals surface area contributed by atoms with Crippen molar-refractivity contribution in [2.75, 3.05) is 6.26 Å². The average Bonchev–Trinajstić information content (AvgIpc) is 2.35. The molecule has 2 nitrogen and oxygen atoms in total. The summed E-state index contributed by atoms with van der Waals surface area (Å²) in [6.07, 6.45) is 2.58. The standard InChI is InChI=1S/C13H12Cl2N2S/c1-8-10(12(15)17-13(16-8)18-2)7-9-5-3-4-6-11(9)14/h3-6H,7H2,1-2H3. The zero-order chi connectivity index (χ0) is 13.1. The predicted molar refractivity (Wildman–Crippen MR) is 77.8 cm³/mol. The Bertz CT molecular complexity index is 550. The Morgan fingerprint density at radius 3 is 2.50 bits per heavy atom. The van der Waals surface area contributed by atoms with E-state index < -0.39 is 0 Å². The summed E-state index contributed by atoms with van der Waals surface area (Å²) in [4.78, 5) is 8.66. The van der Waals surface area contributed by atoms with Crippen LogP contribution in [0.5, 0.6) is 0 Å². The van der Waals surface area contributed by atoms with E-state index in [9.17, 15) is 0 Å². The molecule has 0 atom stereocenters. The molecule has 2 rings (SSSR count). The first-order valence-electron chi connectivity index (χ1n) is 5.42. The van der Waals surface area contributed by atoms with Gasteiger partial charge < -0.3 is 0 Å². The Kier molecular flexibility index (Phi) is 4.49. The van der Waals surface area contributed by atoms with E-state index in [4.69, 9.17) is 23.2 Å². The summed E-state index contributed by atoms with van der Waals surface area (Å²) in [6.45, 7) is 1.94.